The number of aliphatic hydroxyl groups is 1. The number of anilines is 2. The number of hydrogen-bond acceptors (Lipinski definition) is 5. The second-order valence-electron chi connectivity index (χ2n) is 7.30. The fraction of sp³-hybridized carbons (Fsp3) is 0.381. The van der Waals surface area contributed by atoms with Gasteiger partial charge in [0.1, 0.15) is 11.5 Å². The average Bonchev–Trinajstić information content (AvgIpc) is 2.65. The maximum atomic E-state index is 12.9. The van der Waals surface area contributed by atoms with Crippen molar-refractivity contribution in [1.82, 2.24) is 4.98 Å². The molecule has 0 saturated carbocycles. The van der Waals surface area contributed by atoms with Crippen LogP contribution < -0.4 is 10.2 Å². The van der Waals surface area contributed by atoms with Gasteiger partial charge in [-0.2, -0.15) is 0 Å². The molecule has 5 N–H and O–H groups in total. The third-order valence-electron chi connectivity index (χ3n) is 5.10. The number of hydrogen-bond donors (Lipinski definition) is 3. The fourth-order valence-electron chi connectivity index (χ4n) is 3.48. The number of carbonyl (C=O) groups is 2. The molecule has 0 bridgehead atoms. The molecule has 29 heavy (non-hydrogen) atoms. The van der Waals surface area contributed by atoms with Gasteiger partial charge in [-0.05, 0) is 68.5 Å². The number of carboxylic acid groups (broad SMARTS) is 1. The van der Waals surface area contributed by atoms with Crippen molar-refractivity contribution in [3.05, 3.63) is 52.2 Å². The highest BCUT2D eigenvalue weighted by Gasteiger charge is 2.21. The van der Waals surface area contributed by atoms with E-state index in [-0.39, 0.29) is 23.1 Å². The molecule has 0 spiro atoms. The topological polar surface area (TPSA) is 134 Å². The van der Waals surface area contributed by atoms with Crippen LogP contribution in [0, 0.1) is 20.8 Å². The van der Waals surface area contributed by atoms with Crippen molar-refractivity contribution >= 4 is 23.4 Å². The van der Waals surface area contributed by atoms with E-state index in [2.05, 4.69) is 15.2 Å². The summed E-state index contributed by atoms with van der Waals surface area (Å²) in [6.07, 6.45) is 1.10. The van der Waals surface area contributed by atoms with E-state index in [1.54, 1.807) is 26.0 Å². The Morgan fingerprint density at radius 2 is 1.66 bits per heavy atom. The zero-order chi connectivity index (χ0) is 20.4. The van der Waals surface area contributed by atoms with E-state index in [1.807, 2.05) is 19.1 Å². The Bertz CT molecular complexity index is 898. The van der Waals surface area contributed by atoms with Crippen molar-refractivity contribution in [3.63, 3.8) is 0 Å². The number of nitrogens with zero attached hydrogens (tertiary/aromatic N) is 2. The number of pyridine rings is 1. The van der Waals surface area contributed by atoms with Crippen molar-refractivity contribution in [2.24, 2.45) is 0 Å². The molecule has 1 amide bonds. The number of rotatable bonds is 4. The highest BCUT2D eigenvalue weighted by atomic mass is 16.4. The molecule has 8 heteroatoms. The first-order chi connectivity index (χ1) is 13.3. The molecule has 1 aromatic heterocycles. The van der Waals surface area contributed by atoms with Crippen LogP contribution in [-0.4, -0.2) is 51.7 Å². The van der Waals surface area contributed by atoms with Gasteiger partial charge in [0.05, 0.1) is 11.7 Å². The van der Waals surface area contributed by atoms with Crippen LogP contribution in [0.2, 0.25) is 0 Å². The Kier molecular flexibility index (Phi) is 6.94. The monoisotopic (exact) mass is 401 g/mol. The summed E-state index contributed by atoms with van der Waals surface area (Å²) in [6.45, 7) is 6.77. The maximum absolute atomic E-state index is 12.9. The molecule has 0 unspecified atom stereocenters. The summed E-state index contributed by atoms with van der Waals surface area (Å²) >= 11 is 0. The molecule has 1 aliphatic heterocycles. The van der Waals surface area contributed by atoms with E-state index >= 15 is 0 Å². The molecule has 2 aromatic rings. The lowest BCUT2D eigenvalue weighted by Crippen LogP contribution is -2.36. The molecule has 156 valence electrons. The number of amides is 1. The Hall–Kier alpha value is -2.97. The molecule has 0 atom stereocenters. The molecule has 0 radical (unpaired) electrons. The van der Waals surface area contributed by atoms with Gasteiger partial charge in [0.15, 0.2) is 0 Å². The number of aryl methyl sites for hydroxylation is 3. The first-order valence-corrected chi connectivity index (χ1v) is 9.33. The number of aromatic carboxylic acids is 1. The number of piperidine rings is 1. The minimum atomic E-state index is -0.999. The lowest BCUT2D eigenvalue weighted by molar-refractivity contribution is 0.0696. The Morgan fingerprint density at radius 1 is 1.07 bits per heavy atom. The molecular weight excluding hydrogens is 374 g/mol. The van der Waals surface area contributed by atoms with E-state index in [0.717, 1.165) is 11.4 Å². The van der Waals surface area contributed by atoms with Crippen LogP contribution in [0.1, 0.15) is 50.4 Å². The number of aliphatic hydroxyl groups excluding tert-OH is 1. The lowest BCUT2D eigenvalue weighted by Gasteiger charge is -2.30. The fourth-order valence-corrected chi connectivity index (χ4v) is 3.48. The third-order valence-corrected chi connectivity index (χ3v) is 5.10. The van der Waals surface area contributed by atoms with Gasteiger partial charge >= 0.3 is 5.97 Å². The summed E-state index contributed by atoms with van der Waals surface area (Å²) in [5.74, 6) is -0.607. The number of carbonyl (C=O) groups excluding carboxylic acids is 1. The number of aromatic nitrogens is 1. The second-order valence-corrected chi connectivity index (χ2v) is 7.30. The van der Waals surface area contributed by atoms with E-state index in [9.17, 15) is 19.8 Å². The van der Waals surface area contributed by atoms with Crippen LogP contribution in [0.15, 0.2) is 24.3 Å². The molecule has 1 fully saturated rings. The first-order valence-electron chi connectivity index (χ1n) is 9.33. The lowest BCUT2D eigenvalue weighted by atomic mass is 10.0. The normalized spacial score (nSPS) is 14.3. The zero-order valence-corrected chi connectivity index (χ0v) is 16.8. The molecule has 1 saturated heterocycles. The third kappa shape index (κ3) is 4.90. The second kappa shape index (κ2) is 9.02. The van der Waals surface area contributed by atoms with Crippen LogP contribution in [0.5, 0.6) is 0 Å². The molecular formula is C21H27N3O5. The summed E-state index contributed by atoms with van der Waals surface area (Å²) in [4.78, 5) is 30.7. The van der Waals surface area contributed by atoms with E-state index < -0.39 is 5.97 Å². The number of nitrogens with one attached hydrogen (secondary N) is 1. The van der Waals surface area contributed by atoms with Crippen molar-refractivity contribution in [3.8, 4) is 0 Å². The number of benzene rings is 1. The maximum Gasteiger partial charge on any atom is 0.335 e. The predicted octanol–water partition coefficient (Wildman–Crippen LogP) is 2.09. The minimum Gasteiger partial charge on any atom is -0.478 e. The van der Waals surface area contributed by atoms with Gasteiger partial charge < -0.3 is 25.9 Å². The van der Waals surface area contributed by atoms with E-state index in [4.69, 9.17) is 0 Å². The zero-order valence-electron chi connectivity index (χ0n) is 16.8. The molecule has 3 rings (SSSR count). The largest absolute Gasteiger partial charge is 0.478 e. The summed E-state index contributed by atoms with van der Waals surface area (Å²) in [5, 5.41) is 21.7. The smallest absolute Gasteiger partial charge is 0.335 e. The summed E-state index contributed by atoms with van der Waals surface area (Å²) in [6, 6.07) is 6.85. The van der Waals surface area contributed by atoms with Gasteiger partial charge in [0.2, 0.25) is 0 Å². The Morgan fingerprint density at radius 3 is 2.21 bits per heavy atom. The summed E-state index contributed by atoms with van der Waals surface area (Å²) < 4.78 is 0. The van der Waals surface area contributed by atoms with Gasteiger partial charge in [-0.15, -0.1) is 0 Å². The first kappa shape index (κ1) is 22.3. The quantitative estimate of drug-likeness (QED) is 0.718. The summed E-state index contributed by atoms with van der Waals surface area (Å²) in [7, 11) is 0. The van der Waals surface area contributed by atoms with E-state index in [0.29, 0.717) is 48.4 Å². The van der Waals surface area contributed by atoms with Gasteiger partial charge in [-0.1, -0.05) is 6.07 Å². The molecule has 8 nitrogen and oxygen atoms in total. The molecule has 1 aromatic carbocycles. The Labute approximate surface area is 169 Å². The van der Waals surface area contributed by atoms with Gasteiger partial charge in [0, 0.05) is 18.8 Å². The summed E-state index contributed by atoms with van der Waals surface area (Å²) in [5.41, 5.74) is 3.26. The van der Waals surface area contributed by atoms with Gasteiger partial charge in [0.25, 0.3) is 5.91 Å². The SMILES string of the molecule is Cc1ccc(N2CCC(O)CC2)nc1C(=O)Nc1c(C)cc(C(=O)O)cc1C.O. The van der Waals surface area contributed by atoms with Crippen molar-refractivity contribution in [1.29, 1.82) is 0 Å². The van der Waals surface area contributed by atoms with Crippen LogP contribution in [-0.2, 0) is 0 Å². The van der Waals surface area contributed by atoms with Gasteiger partial charge in [-0.3, -0.25) is 4.79 Å². The highest BCUT2D eigenvalue weighted by molar-refractivity contribution is 6.05. The van der Waals surface area contributed by atoms with Crippen molar-refractivity contribution < 1.29 is 25.3 Å². The highest BCUT2D eigenvalue weighted by Crippen LogP contribution is 2.24. The molecule has 2 heterocycles. The van der Waals surface area contributed by atoms with Gasteiger partial charge in [-0.25, -0.2) is 9.78 Å². The van der Waals surface area contributed by atoms with Crippen molar-refractivity contribution in [2.45, 2.75) is 39.7 Å². The van der Waals surface area contributed by atoms with E-state index in [1.165, 1.54) is 0 Å². The van der Waals surface area contributed by atoms with Crippen LogP contribution in [0.4, 0.5) is 11.5 Å². The standard InChI is InChI=1S/C21H25N3O4.H2O/c1-12-4-5-17(24-8-6-16(25)7-9-24)22-19(12)20(26)23-18-13(2)10-15(21(27)28)11-14(18)3;/h4-5,10-11,16,25H,6-9H2,1-3H3,(H,23,26)(H,27,28);1H2. The van der Waals surface area contributed by atoms with Crippen LogP contribution in [0.25, 0.3) is 0 Å². The molecule has 1 aliphatic rings. The van der Waals surface area contributed by atoms with Crippen LogP contribution >= 0.6 is 0 Å². The van der Waals surface area contributed by atoms with Crippen LogP contribution in [0.3, 0.4) is 0 Å². The Balaban J connectivity index is 0.00000300. The average molecular weight is 401 g/mol. The van der Waals surface area contributed by atoms with Crippen molar-refractivity contribution in [2.75, 3.05) is 23.3 Å². The minimum absolute atomic E-state index is 0. The predicted molar refractivity (Wildman–Crippen MR) is 111 cm³/mol. The molecule has 0 aliphatic carbocycles. The number of carboxylic acids is 1.